The second-order valence-corrected chi connectivity index (χ2v) is 18.2. The lowest BCUT2D eigenvalue weighted by molar-refractivity contribution is -0.114. The normalized spacial score (nSPS) is 16.2. The minimum absolute atomic E-state index is 0.105. The number of carbonyl (C=O) groups is 2. The van der Waals surface area contributed by atoms with Gasteiger partial charge in [0.25, 0.3) is 0 Å². The molecule has 0 aromatic carbocycles. The molecule has 0 radical (unpaired) electrons. The standard InChI is InChI=1S/C44H50N2O2S/c1-41(2,3)29-23-27(24-30(39(29)47)42(4,5)6)37(33-17-13-15-21-45-33)35-19-20-36(49-35)38(34-18-14-16-22-46-34)28-25-31(43(7,8)9)40(48)32(26-28)44(10,11)12/h13-26H,1-12H3. The van der Waals surface area contributed by atoms with Gasteiger partial charge in [0, 0.05) is 55.6 Å². The van der Waals surface area contributed by atoms with Crippen molar-refractivity contribution in [2.75, 3.05) is 0 Å². The number of carbonyl (C=O) groups excluding carboxylic acids is 2. The summed E-state index contributed by atoms with van der Waals surface area (Å²) in [6.07, 6.45) is 11.9. The number of hydrogen-bond acceptors (Lipinski definition) is 5. The van der Waals surface area contributed by atoms with Gasteiger partial charge in [-0.25, -0.2) is 0 Å². The molecule has 0 fully saturated rings. The lowest BCUT2D eigenvalue weighted by Crippen LogP contribution is -2.28. The van der Waals surface area contributed by atoms with Gasteiger partial charge < -0.3 is 0 Å². The van der Waals surface area contributed by atoms with Gasteiger partial charge in [-0.15, -0.1) is 11.3 Å². The number of rotatable bonds is 4. The van der Waals surface area contributed by atoms with E-state index < -0.39 is 0 Å². The average molecular weight is 671 g/mol. The maximum Gasteiger partial charge on any atom is 0.186 e. The van der Waals surface area contributed by atoms with Crippen LogP contribution in [0.4, 0.5) is 0 Å². The Morgan fingerprint density at radius 3 is 1.02 bits per heavy atom. The molecule has 3 aromatic rings. The van der Waals surface area contributed by atoms with Crippen molar-refractivity contribution in [3.05, 3.63) is 140 Å². The second kappa shape index (κ2) is 12.9. The smallest absolute Gasteiger partial charge is 0.186 e. The second-order valence-electron chi connectivity index (χ2n) is 17.1. The SMILES string of the molecule is CC(C)(C)C1=CC(=C(c2ccccn2)c2ccc(C(=C3C=C(C(C)(C)C)C(=O)C(C(C)(C)C)=C3)c3ccccn3)s2)C=C(C(C)(C)C)C1=O. The fraction of sp³-hybridized carbons (Fsp3) is 0.364. The van der Waals surface area contributed by atoms with E-state index in [1.807, 2.05) is 48.8 Å². The fourth-order valence-corrected chi connectivity index (χ4v) is 7.39. The summed E-state index contributed by atoms with van der Waals surface area (Å²) in [6.45, 7) is 25.2. The molecule has 5 heteroatoms. The first-order valence-corrected chi connectivity index (χ1v) is 17.9. The van der Waals surface area contributed by atoms with E-state index in [0.717, 1.165) is 65.7 Å². The molecule has 0 bridgehead atoms. The summed E-state index contributed by atoms with van der Waals surface area (Å²) in [5.41, 5.74) is 7.41. The van der Waals surface area contributed by atoms with Crippen molar-refractivity contribution >= 4 is 34.0 Å². The van der Waals surface area contributed by atoms with Crippen molar-refractivity contribution in [2.45, 2.75) is 83.1 Å². The molecular formula is C44H50N2O2S. The number of allylic oxidation sites excluding steroid dienone is 10. The first-order chi connectivity index (χ1) is 22.7. The van der Waals surface area contributed by atoms with Crippen LogP contribution < -0.4 is 0 Å². The summed E-state index contributed by atoms with van der Waals surface area (Å²) < 4.78 is 0. The summed E-state index contributed by atoms with van der Waals surface area (Å²) in [5, 5.41) is 0. The molecule has 254 valence electrons. The third kappa shape index (κ3) is 7.52. The first kappa shape index (κ1) is 36.1. The lowest BCUT2D eigenvalue weighted by atomic mass is 9.71. The number of nitrogens with zero attached hydrogens (tertiary/aromatic N) is 2. The van der Waals surface area contributed by atoms with E-state index >= 15 is 0 Å². The van der Waals surface area contributed by atoms with Crippen molar-refractivity contribution in [2.24, 2.45) is 21.7 Å². The molecule has 0 saturated carbocycles. The zero-order valence-electron chi connectivity index (χ0n) is 31.2. The van der Waals surface area contributed by atoms with E-state index in [4.69, 9.17) is 9.97 Å². The van der Waals surface area contributed by atoms with Crippen LogP contribution in [0.2, 0.25) is 0 Å². The number of thiophene rings is 1. The summed E-state index contributed by atoms with van der Waals surface area (Å²) in [5.74, 6) is 0.209. The molecule has 0 amide bonds. The Labute approximate surface area is 297 Å². The number of hydrogen-bond donors (Lipinski definition) is 0. The zero-order valence-corrected chi connectivity index (χ0v) is 32.0. The summed E-state index contributed by atoms with van der Waals surface area (Å²) >= 11 is 1.68. The van der Waals surface area contributed by atoms with Crippen molar-refractivity contribution in [3.8, 4) is 0 Å². The van der Waals surface area contributed by atoms with Gasteiger partial charge in [0.2, 0.25) is 0 Å². The Morgan fingerprint density at radius 1 is 0.469 bits per heavy atom. The van der Waals surface area contributed by atoms with Crippen molar-refractivity contribution in [3.63, 3.8) is 0 Å². The van der Waals surface area contributed by atoms with Gasteiger partial charge in [0.1, 0.15) is 0 Å². The van der Waals surface area contributed by atoms with Gasteiger partial charge in [-0.1, -0.05) is 95.2 Å². The van der Waals surface area contributed by atoms with Crippen LogP contribution in [0, 0.1) is 21.7 Å². The molecular weight excluding hydrogens is 621 g/mol. The van der Waals surface area contributed by atoms with Gasteiger partial charge in [-0.3, -0.25) is 19.6 Å². The molecule has 0 atom stereocenters. The van der Waals surface area contributed by atoms with E-state index in [1.54, 1.807) is 11.3 Å². The van der Waals surface area contributed by atoms with E-state index in [-0.39, 0.29) is 33.2 Å². The molecule has 2 aliphatic carbocycles. The molecule has 0 aliphatic heterocycles. The van der Waals surface area contributed by atoms with E-state index in [0.29, 0.717) is 0 Å². The maximum absolute atomic E-state index is 13.9. The first-order valence-electron chi connectivity index (χ1n) is 17.1. The highest BCUT2D eigenvalue weighted by Gasteiger charge is 2.37. The number of ketones is 2. The molecule has 4 nitrogen and oxygen atoms in total. The van der Waals surface area contributed by atoms with E-state index in [9.17, 15) is 9.59 Å². The number of aromatic nitrogens is 2. The molecule has 2 aliphatic rings. The van der Waals surface area contributed by atoms with Crippen molar-refractivity contribution < 1.29 is 9.59 Å². The van der Waals surface area contributed by atoms with Gasteiger partial charge in [0.15, 0.2) is 11.6 Å². The molecule has 0 spiro atoms. The van der Waals surface area contributed by atoms with Crippen molar-refractivity contribution in [1.29, 1.82) is 0 Å². The molecule has 0 unspecified atom stereocenters. The Kier molecular flexibility index (Phi) is 9.50. The van der Waals surface area contributed by atoms with Crippen LogP contribution in [0.1, 0.15) is 104 Å². The van der Waals surface area contributed by atoms with Crippen LogP contribution in [0.5, 0.6) is 0 Å². The zero-order chi connectivity index (χ0) is 36.1. The van der Waals surface area contributed by atoms with Crippen LogP contribution in [0.15, 0.2) is 119 Å². The third-order valence-electron chi connectivity index (χ3n) is 8.93. The van der Waals surface area contributed by atoms with Gasteiger partial charge in [-0.05, 0) is 93.5 Å². The van der Waals surface area contributed by atoms with Crippen LogP contribution in [0.3, 0.4) is 0 Å². The molecule has 3 heterocycles. The summed E-state index contributed by atoms with van der Waals surface area (Å²) in [7, 11) is 0. The third-order valence-corrected chi connectivity index (χ3v) is 10.0. The van der Waals surface area contributed by atoms with Crippen LogP contribution in [0.25, 0.3) is 11.1 Å². The van der Waals surface area contributed by atoms with E-state index in [1.165, 1.54) is 0 Å². The quantitative estimate of drug-likeness (QED) is 0.277. The molecule has 0 N–H and O–H groups in total. The summed E-state index contributed by atoms with van der Waals surface area (Å²) in [4.78, 5) is 39.5. The van der Waals surface area contributed by atoms with Gasteiger partial charge >= 0.3 is 0 Å². The Bertz CT molecular complexity index is 1770. The predicted molar refractivity (Wildman–Crippen MR) is 205 cm³/mol. The average Bonchev–Trinajstić information content (AvgIpc) is 3.46. The molecule has 49 heavy (non-hydrogen) atoms. The molecule has 3 aromatic heterocycles. The Morgan fingerprint density at radius 2 is 0.776 bits per heavy atom. The Balaban J connectivity index is 1.85. The monoisotopic (exact) mass is 670 g/mol. The fourth-order valence-electron chi connectivity index (χ4n) is 6.24. The van der Waals surface area contributed by atoms with Crippen LogP contribution in [-0.4, -0.2) is 21.5 Å². The largest absolute Gasteiger partial charge is 0.289 e. The highest BCUT2D eigenvalue weighted by Crippen LogP contribution is 2.45. The van der Waals surface area contributed by atoms with Crippen molar-refractivity contribution in [1.82, 2.24) is 9.97 Å². The highest BCUT2D eigenvalue weighted by atomic mass is 32.1. The molecule has 5 rings (SSSR count). The maximum atomic E-state index is 13.9. The van der Waals surface area contributed by atoms with E-state index in [2.05, 4.69) is 120 Å². The molecule has 0 saturated heterocycles. The lowest BCUT2D eigenvalue weighted by Gasteiger charge is -2.32. The van der Waals surface area contributed by atoms with Gasteiger partial charge in [0.05, 0.1) is 11.4 Å². The summed E-state index contributed by atoms with van der Waals surface area (Å²) in [6, 6.07) is 16.2. The van der Waals surface area contributed by atoms with Crippen LogP contribution in [-0.2, 0) is 9.59 Å². The minimum atomic E-state index is -0.341. The number of pyridine rings is 2. The van der Waals surface area contributed by atoms with Crippen LogP contribution >= 0.6 is 11.3 Å². The highest BCUT2D eigenvalue weighted by molar-refractivity contribution is 7.14. The topological polar surface area (TPSA) is 59.9 Å². The minimum Gasteiger partial charge on any atom is -0.289 e. The van der Waals surface area contributed by atoms with Gasteiger partial charge in [-0.2, -0.15) is 0 Å². The predicted octanol–water partition coefficient (Wildman–Crippen LogP) is 11.2. The Hall–Kier alpha value is -4.22. The number of Topliss-reactive ketones (excluding diaryl/α,β-unsaturated/α-hetero) is 2.